The van der Waals surface area contributed by atoms with Crippen molar-refractivity contribution in [3.8, 4) is 0 Å². The maximum atomic E-state index is 12.7. The number of benzene rings is 2. The predicted molar refractivity (Wildman–Crippen MR) is 193 cm³/mol. The van der Waals surface area contributed by atoms with Gasteiger partial charge >= 0.3 is 5.97 Å². The molecule has 5 nitrogen and oxygen atoms in total. The molecular formula is C41H56N2O3Si. The summed E-state index contributed by atoms with van der Waals surface area (Å²) in [7, 11) is -2.69. The van der Waals surface area contributed by atoms with Crippen LogP contribution in [-0.4, -0.2) is 36.0 Å². The molecule has 7 atom stereocenters. The van der Waals surface area contributed by atoms with Crippen molar-refractivity contribution < 1.29 is 14.0 Å². The summed E-state index contributed by atoms with van der Waals surface area (Å²) in [5.41, 5.74) is 1.43. The van der Waals surface area contributed by atoms with Crippen LogP contribution in [0.2, 0.25) is 5.04 Å². The molecule has 2 aromatic carbocycles. The molecule has 0 bridgehead atoms. The second kappa shape index (κ2) is 13.2. The number of rotatable bonds is 9. The van der Waals surface area contributed by atoms with Crippen LogP contribution in [0.15, 0.2) is 91.5 Å². The topological polar surface area (TPSA) is 53.4 Å². The second-order valence-corrected chi connectivity index (χ2v) is 20.6. The van der Waals surface area contributed by atoms with E-state index in [1.165, 1.54) is 15.9 Å². The number of esters is 1. The zero-order valence-electron chi connectivity index (χ0n) is 29.6. The average molecular weight is 653 g/mol. The SMILES string of the molecule is C=C1CC[C@@H]2[C@H](OC(C)=O)[C@H]([C@@]3(C)CC[C@H](O[Si](c4ccccc4)(c4ccccc4)C(C)(C)C)C[C@@H]3CCn3ccnc3)CC[C@]12C. The largest absolute Gasteiger partial charge is 0.462 e. The summed E-state index contributed by atoms with van der Waals surface area (Å²) in [6.45, 7) is 19.1. The van der Waals surface area contributed by atoms with E-state index in [-0.39, 0.29) is 34.0 Å². The fourth-order valence-electron chi connectivity index (χ4n) is 10.1. The third-order valence-corrected chi connectivity index (χ3v) is 17.9. The summed E-state index contributed by atoms with van der Waals surface area (Å²) in [6.07, 6.45) is 14.4. The van der Waals surface area contributed by atoms with E-state index >= 15 is 0 Å². The molecular weight excluding hydrogens is 597 g/mol. The number of nitrogens with zero attached hydrogens (tertiary/aromatic N) is 2. The zero-order valence-corrected chi connectivity index (χ0v) is 30.6. The Balaban J connectivity index is 1.36. The number of hydrogen-bond donors (Lipinski definition) is 0. The zero-order chi connectivity index (χ0) is 33.5. The first-order valence-electron chi connectivity index (χ1n) is 18.0. The predicted octanol–water partition coefficient (Wildman–Crippen LogP) is 8.34. The molecule has 0 N–H and O–H groups in total. The highest BCUT2D eigenvalue weighted by molar-refractivity contribution is 6.99. The molecule has 3 aliphatic carbocycles. The fraction of sp³-hybridized carbons (Fsp3) is 0.561. The van der Waals surface area contributed by atoms with Gasteiger partial charge in [0.25, 0.3) is 8.32 Å². The summed E-state index contributed by atoms with van der Waals surface area (Å²) >= 11 is 0. The number of carbonyl (C=O) groups is 1. The monoisotopic (exact) mass is 652 g/mol. The molecule has 0 aliphatic heterocycles. The number of carbonyl (C=O) groups excluding carboxylic acids is 1. The van der Waals surface area contributed by atoms with Gasteiger partial charge in [0.2, 0.25) is 0 Å². The summed E-state index contributed by atoms with van der Waals surface area (Å²) < 4.78 is 16.4. The standard InChI is InChI=1S/C41H56N2O3Si/c1-30-18-19-36-38(45-31(2)44)37(21-24-40(30,36)6)41(7)23-20-33(28-32(41)22-26-43-27-25-42-29-43)46-47(39(3,4)5,34-14-10-8-11-15-34)35-16-12-9-13-17-35/h8-17,25,27,29,32-33,36-38H,1,18-24,26,28H2,2-7H3/t32-,33-,36+,37+,38-,40+,41-/m0/s1. The molecule has 6 heteroatoms. The van der Waals surface area contributed by atoms with Crippen LogP contribution in [0.3, 0.4) is 0 Å². The Morgan fingerprint density at radius 1 is 0.979 bits per heavy atom. The molecule has 0 unspecified atom stereocenters. The molecule has 1 heterocycles. The lowest BCUT2D eigenvalue weighted by molar-refractivity contribution is -0.173. The Morgan fingerprint density at radius 3 is 2.21 bits per heavy atom. The normalized spacial score (nSPS) is 31.4. The van der Waals surface area contributed by atoms with Crippen molar-refractivity contribution in [3.63, 3.8) is 0 Å². The van der Waals surface area contributed by atoms with E-state index in [1.807, 2.05) is 12.5 Å². The molecule has 3 aromatic rings. The van der Waals surface area contributed by atoms with E-state index < -0.39 is 8.32 Å². The van der Waals surface area contributed by atoms with E-state index in [0.717, 1.165) is 57.9 Å². The van der Waals surface area contributed by atoms with Crippen LogP contribution in [-0.2, 0) is 20.5 Å². The van der Waals surface area contributed by atoms with E-state index in [2.05, 4.69) is 118 Å². The van der Waals surface area contributed by atoms with Crippen molar-refractivity contribution in [1.29, 1.82) is 0 Å². The van der Waals surface area contributed by atoms with Crippen LogP contribution in [0.5, 0.6) is 0 Å². The van der Waals surface area contributed by atoms with E-state index in [0.29, 0.717) is 17.8 Å². The van der Waals surface area contributed by atoms with Gasteiger partial charge in [-0.25, -0.2) is 4.98 Å². The van der Waals surface area contributed by atoms with Gasteiger partial charge in [-0.3, -0.25) is 4.79 Å². The molecule has 3 fully saturated rings. The Bertz CT molecular complexity index is 1480. The number of ether oxygens (including phenoxy) is 1. The van der Waals surface area contributed by atoms with Gasteiger partial charge in [0, 0.05) is 43.8 Å². The van der Waals surface area contributed by atoms with Gasteiger partial charge in [0.05, 0.1) is 6.33 Å². The number of aromatic nitrogens is 2. The van der Waals surface area contributed by atoms with Gasteiger partial charge < -0.3 is 13.7 Å². The Labute approximate surface area is 284 Å². The summed E-state index contributed by atoms with van der Waals surface area (Å²) in [5, 5.41) is 2.61. The Kier molecular flexibility index (Phi) is 9.49. The number of aryl methyl sites for hydroxylation is 1. The molecule has 0 spiro atoms. The number of hydrogen-bond acceptors (Lipinski definition) is 4. The molecule has 0 radical (unpaired) electrons. The molecule has 3 aliphatic rings. The lowest BCUT2D eigenvalue weighted by Gasteiger charge is -2.57. The van der Waals surface area contributed by atoms with Gasteiger partial charge in [-0.05, 0) is 83.5 Å². The maximum absolute atomic E-state index is 12.7. The van der Waals surface area contributed by atoms with Gasteiger partial charge in [0.15, 0.2) is 0 Å². The number of allylic oxidation sites excluding steroid dienone is 1. The first-order valence-corrected chi connectivity index (χ1v) is 19.9. The van der Waals surface area contributed by atoms with Gasteiger partial charge in [0.1, 0.15) is 6.10 Å². The molecule has 3 saturated carbocycles. The molecule has 47 heavy (non-hydrogen) atoms. The minimum Gasteiger partial charge on any atom is -0.462 e. The number of imidazole rings is 1. The summed E-state index contributed by atoms with van der Waals surface area (Å²) in [5.74, 6) is 0.926. The van der Waals surface area contributed by atoms with Crippen LogP contribution in [0.1, 0.15) is 92.9 Å². The molecule has 1 aromatic heterocycles. The first kappa shape index (κ1) is 33.9. The van der Waals surface area contributed by atoms with Crippen LogP contribution in [0.25, 0.3) is 0 Å². The van der Waals surface area contributed by atoms with Gasteiger partial charge in [-0.1, -0.05) is 107 Å². The lowest BCUT2D eigenvalue weighted by Crippen LogP contribution is -2.68. The average Bonchev–Trinajstić information content (AvgIpc) is 3.67. The van der Waals surface area contributed by atoms with Crippen molar-refractivity contribution in [2.24, 2.45) is 28.6 Å². The van der Waals surface area contributed by atoms with Crippen molar-refractivity contribution in [2.75, 3.05) is 0 Å². The highest BCUT2D eigenvalue weighted by Gasteiger charge is 2.59. The van der Waals surface area contributed by atoms with Gasteiger partial charge in [-0.2, -0.15) is 0 Å². The van der Waals surface area contributed by atoms with Crippen LogP contribution in [0, 0.1) is 28.6 Å². The molecule has 6 rings (SSSR count). The third kappa shape index (κ3) is 6.21. The van der Waals surface area contributed by atoms with Crippen LogP contribution >= 0.6 is 0 Å². The highest BCUT2D eigenvalue weighted by Crippen LogP contribution is 2.62. The van der Waals surface area contributed by atoms with Crippen molar-refractivity contribution in [2.45, 2.75) is 117 Å². The third-order valence-electron chi connectivity index (χ3n) is 12.8. The Morgan fingerprint density at radius 2 is 1.64 bits per heavy atom. The number of fused-ring (bicyclic) bond motifs is 1. The van der Waals surface area contributed by atoms with Crippen molar-refractivity contribution in [1.82, 2.24) is 9.55 Å². The smallest absolute Gasteiger partial charge is 0.302 e. The molecule has 252 valence electrons. The fourth-order valence-corrected chi connectivity index (χ4v) is 14.9. The van der Waals surface area contributed by atoms with Crippen LogP contribution in [0.4, 0.5) is 0 Å². The quantitative estimate of drug-likeness (QED) is 0.133. The molecule has 0 saturated heterocycles. The maximum Gasteiger partial charge on any atom is 0.302 e. The Hall–Kier alpha value is -2.96. The molecule has 0 amide bonds. The summed E-state index contributed by atoms with van der Waals surface area (Å²) in [6, 6.07) is 22.1. The van der Waals surface area contributed by atoms with E-state index in [4.69, 9.17) is 9.16 Å². The lowest BCUT2D eigenvalue weighted by atomic mass is 9.51. The van der Waals surface area contributed by atoms with Crippen LogP contribution < -0.4 is 10.4 Å². The van der Waals surface area contributed by atoms with Crippen molar-refractivity contribution >= 4 is 24.7 Å². The van der Waals surface area contributed by atoms with Gasteiger partial charge in [-0.15, -0.1) is 0 Å². The first-order chi connectivity index (χ1) is 22.4. The minimum atomic E-state index is -2.69. The van der Waals surface area contributed by atoms with E-state index in [1.54, 1.807) is 6.92 Å². The van der Waals surface area contributed by atoms with Crippen molar-refractivity contribution in [3.05, 3.63) is 91.5 Å². The summed E-state index contributed by atoms with van der Waals surface area (Å²) in [4.78, 5) is 17.0. The minimum absolute atomic E-state index is 0.0251. The second-order valence-electron chi connectivity index (χ2n) is 16.4. The highest BCUT2D eigenvalue weighted by atomic mass is 28.4. The van der Waals surface area contributed by atoms with E-state index in [9.17, 15) is 4.79 Å².